The quantitative estimate of drug-likeness (QED) is 0.808. The van der Waals surface area contributed by atoms with Gasteiger partial charge in [-0.1, -0.05) is 56.2 Å². The number of amides is 1. The van der Waals surface area contributed by atoms with Crippen LogP contribution in [0.5, 0.6) is 0 Å². The summed E-state index contributed by atoms with van der Waals surface area (Å²) in [7, 11) is 0. The molecule has 0 atom stereocenters. The van der Waals surface area contributed by atoms with E-state index in [0.29, 0.717) is 18.0 Å². The fourth-order valence-electron chi connectivity index (χ4n) is 2.46. The van der Waals surface area contributed by atoms with Crippen molar-refractivity contribution < 1.29 is 4.79 Å². The summed E-state index contributed by atoms with van der Waals surface area (Å²) in [5.41, 5.74) is 1.80. The predicted octanol–water partition coefficient (Wildman–Crippen LogP) is 3.23. The van der Waals surface area contributed by atoms with Crippen molar-refractivity contribution >= 4 is 5.91 Å². The van der Waals surface area contributed by atoms with Gasteiger partial charge in [0, 0.05) is 18.0 Å². The maximum atomic E-state index is 12.0. The van der Waals surface area contributed by atoms with E-state index >= 15 is 0 Å². The Morgan fingerprint density at radius 1 is 1.17 bits per heavy atom. The molecule has 1 fully saturated rings. The van der Waals surface area contributed by atoms with E-state index in [9.17, 15) is 4.79 Å². The van der Waals surface area contributed by atoms with Crippen LogP contribution >= 0.6 is 0 Å². The first-order valence-electron chi connectivity index (χ1n) is 6.78. The Morgan fingerprint density at radius 3 is 2.50 bits per heavy atom. The standard InChI is InChI=1S/C16H21NO/c1-13(12-14-8-4-2-5-9-14)16(18)17-15-10-6-3-7-11-15/h2,4-5,8-9,15H,1,3,6-7,10-12H2,(H,17,18). The minimum Gasteiger partial charge on any atom is -0.350 e. The van der Waals surface area contributed by atoms with Crippen molar-refractivity contribution in [1.82, 2.24) is 5.32 Å². The van der Waals surface area contributed by atoms with Gasteiger partial charge >= 0.3 is 0 Å². The number of benzene rings is 1. The molecule has 1 amide bonds. The van der Waals surface area contributed by atoms with Crippen LogP contribution in [0.25, 0.3) is 0 Å². The van der Waals surface area contributed by atoms with Gasteiger partial charge in [-0.15, -0.1) is 0 Å². The molecule has 96 valence electrons. The molecule has 0 bridgehead atoms. The van der Waals surface area contributed by atoms with E-state index in [1.165, 1.54) is 19.3 Å². The summed E-state index contributed by atoms with van der Waals surface area (Å²) in [5, 5.41) is 3.10. The first-order valence-corrected chi connectivity index (χ1v) is 6.78. The van der Waals surface area contributed by atoms with Crippen LogP contribution in [0.1, 0.15) is 37.7 Å². The lowest BCUT2D eigenvalue weighted by Crippen LogP contribution is -2.37. The van der Waals surface area contributed by atoms with Gasteiger partial charge in [-0.05, 0) is 18.4 Å². The van der Waals surface area contributed by atoms with Gasteiger partial charge in [-0.25, -0.2) is 0 Å². The number of hydrogen-bond acceptors (Lipinski definition) is 1. The third-order valence-corrected chi connectivity index (χ3v) is 3.52. The number of carbonyl (C=O) groups excluding carboxylic acids is 1. The topological polar surface area (TPSA) is 29.1 Å². The molecular weight excluding hydrogens is 222 g/mol. The van der Waals surface area contributed by atoms with Crippen molar-refractivity contribution in [3.8, 4) is 0 Å². The number of rotatable bonds is 4. The molecule has 1 saturated carbocycles. The molecule has 2 nitrogen and oxygen atoms in total. The van der Waals surface area contributed by atoms with Gasteiger partial charge in [0.1, 0.15) is 0 Å². The zero-order valence-electron chi connectivity index (χ0n) is 10.8. The number of nitrogens with one attached hydrogen (secondary N) is 1. The van der Waals surface area contributed by atoms with Crippen LogP contribution < -0.4 is 5.32 Å². The Balaban J connectivity index is 1.83. The molecule has 0 aliphatic heterocycles. The highest BCUT2D eigenvalue weighted by Crippen LogP contribution is 2.18. The molecule has 0 radical (unpaired) electrons. The average Bonchev–Trinajstić information content (AvgIpc) is 2.41. The van der Waals surface area contributed by atoms with Crippen LogP contribution in [0.15, 0.2) is 42.5 Å². The lowest BCUT2D eigenvalue weighted by molar-refractivity contribution is -0.118. The Morgan fingerprint density at radius 2 is 1.83 bits per heavy atom. The van der Waals surface area contributed by atoms with E-state index in [1.807, 2.05) is 30.3 Å². The molecule has 0 spiro atoms. The molecule has 2 rings (SSSR count). The third kappa shape index (κ3) is 3.73. The fraction of sp³-hybridized carbons (Fsp3) is 0.438. The Bertz CT molecular complexity index is 404. The van der Waals surface area contributed by atoms with Gasteiger partial charge < -0.3 is 5.32 Å². The Kier molecular flexibility index (Phi) is 4.57. The minimum atomic E-state index is 0.0192. The van der Waals surface area contributed by atoms with Crippen molar-refractivity contribution in [2.24, 2.45) is 0 Å². The smallest absolute Gasteiger partial charge is 0.247 e. The second kappa shape index (κ2) is 6.39. The fourth-order valence-corrected chi connectivity index (χ4v) is 2.46. The molecule has 0 saturated heterocycles. The molecule has 1 aliphatic rings. The number of hydrogen-bond donors (Lipinski definition) is 1. The van der Waals surface area contributed by atoms with Crippen LogP contribution in [0.2, 0.25) is 0 Å². The van der Waals surface area contributed by atoms with E-state index in [1.54, 1.807) is 0 Å². The summed E-state index contributed by atoms with van der Waals surface area (Å²) < 4.78 is 0. The highest BCUT2D eigenvalue weighted by molar-refractivity contribution is 5.93. The van der Waals surface area contributed by atoms with Crippen molar-refractivity contribution in [2.45, 2.75) is 44.6 Å². The molecule has 1 aromatic rings. The molecule has 2 heteroatoms. The molecule has 1 aliphatic carbocycles. The average molecular weight is 243 g/mol. The van der Waals surface area contributed by atoms with Gasteiger partial charge in [0.15, 0.2) is 0 Å². The summed E-state index contributed by atoms with van der Waals surface area (Å²) in [6.07, 6.45) is 6.64. The molecular formula is C16H21NO. The maximum absolute atomic E-state index is 12.0. The normalized spacial score (nSPS) is 16.2. The van der Waals surface area contributed by atoms with Gasteiger partial charge in [-0.3, -0.25) is 4.79 Å². The van der Waals surface area contributed by atoms with Crippen molar-refractivity contribution in [3.05, 3.63) is 48.0 Å². The minimum absolute atomic E-state index is 0.0192. The summed E-state index contributed by atoms with van der Waals surface area (Å²) in [6, 6.07) is 10.4. The molecule has 18 heavy (non-hydrogen) atoms. The lowest BCUT2D eigenvalue weighted by Gasteiger charge is -2.23. The maximum Gasteiger partial charge on any atom is 0.247 e. The Labute approximate surface area is 109 Å². The van der Waals surface area contributed by atoms with Crippen LogP contribution in [0.4, 0.5) is 0 Å². The SMILES string of the molecule is C=C(Cc1ccccc1)C(=O)NC1CCCCC1. The summed E-state index contributed by atoms with van der Waals surface area (Å²) in [5.74, 6) is 0.0192. The molecule has 0 unspecified atom stereocenters. The Hall–Kier alpha value is -1.57. The van der Waals surface area contributed by atoms with Crippen molar-refractivity contribution in [3.63, 3.8) is 0 Å². The van der Waals surface area contributed by atoms with E-state index in [4.69, 9.17) is 0 Å². The van der Waals surface area contributed by atoms with E-state index in [-0.39, 0.29) is 5.91 Å². The zero-order valence-corrected chi connectivity index (χ0v) is 10.8. The van der Waals surface area contributed by atoms with Crippen LogP contribution in [-0.4, -0.2) is 11.9 Å². The van der Waals surface area contributed by atoms with Gasteiger partial charge in [0.2, 0.25) is 5.91 Å². The van der Waals surface area contributed by atoms with Crippen LogP contribution in [-0.2, 0) is 11.2 Å². The molecule has 0 heterocycles. The van der Waals surface area contributed by atoms with Gasteiger partial charge in [0.25, 0.3) is 0 Å². The van der Waals surface area contributed by atoms with Gasteiger partial charge in [0.05, 0.1) is 0 Å². The summed E-state index contributed by atoms with van der Waals surface area (Å²) in [6.45, 7) is 3.90. The highest BCUT2D eigenvalue weighted by Gasteiger charge is 2.17. The van der Waals surface area contributed by atoms with Gasteiger partial charge in [-0.2, -0.15) is 0 Å². The largest absolute Gasteiger partial charge is 0.350 e. The first-order chi connectivity index (χ1) is 8.75. The van der Waals surface area contributed by atoms with Crippen molar-refractivity contribution in [1.29, 1.82) is 0 Å². The molecule has 1 N–H and O–H groups in total. The zero-order chi connectivity index (χ0) is 12.8. The van der Waals surface area contributed by atoms with E-state index in [0.717, 1.165) is 18.4 Å². The second-order valence-electron chi connectivity index (χ2n) is 5.07. The first kappa shape index (κ1) is 12.9. The molecule has 0 aromatic heterocycles. The third-order valence-electron chi connectivity index (χ3n) is 3.52. The lowest BCUT2D eigenvalue weighted by atomic mass is 9.95. The monoisotopic (exact) mass is 243 g/mol. The predicted molar refractivity (Wildman–Crippen MR) is 74.3 cm³/mol. The van der Waals surface area contributed by atoms with Crippen LogP contribution in [0.3, 0.4) is 0 Å². The summed E-state index contributed by atoms with van der Waals surface area (Å²) >= 11 is 0. The summed E-state index contributed by atoms with van der Waals surface area (Å²) in [4.78, 5) is 12.0. The van der Waals surface area contributed by atoms with Crippen molar-refractivity contribution in [2.75, 3.05) is 0 Å². The number of carbonyl (C=O) groups is 1. The second-order valence-corrected chi connectivity index (χ2v) is 5.07. The highest BCUT2D eigenvalue weighted by atomic mass is 16.1. The molecule has 1 aromatic carbocycles. The van der Waals surface area contributed by atoms with Crippen LogP contribution in [0, 0.1) is 0 Å². The van der Waals surface area contributed by atoms with E-state index in [2.05, 4.69) is 11.9 Å². The van der Waals surface area contributed by atoms with E-state index < -0.39 is 0 Å².